The van der Waals surface area contributed by atoms with E-state index < -0.39 is 6.10 Å². The third kappa shape index (κ3) is 4.44. The number of rotatable bonds is 6. The molecule has 1 aliphatic rings. The van der Waals surface area contributed by atoms with Gasteiger partial charge in [-0.1, -0.05) is 20.8 Å². The second-order valence-corrected chi connectivity index (χ2v) is 6.67. The Balaban J connectivity index is 1.95. The molecule has 1 heterocycles. The first-order chi connectivity index (χ1) is 10.1. The van der Waals surface area contributed by atoms with Crippen molar-refractivity contribution >= 4 is 0 Å². The SMILES string of the molecule is CCCOc1cncc(C(O)C2CCC(C(C)C)CC2)c1. The van der Waals surface area contributed by atoms with Gasteiger partial charge in [-0.25, -0.2) is 0 Å². The largest absolute Gasteiger partial charge is 0.492 e. The summed E-state index contributed by atoms with van der Waals surface area (Å²) in [6.07, 6.45) is 8.77. The van der Waals surface area contributed by atoms with Crippen LogP contribution in [0.15, 0.2) is 18.5 Å². The molecular weight excluding hydrogens is 262 g/mol. The van der Waals surface area contributed by atoms with Gasteiger partial charge in [0.15, 0.2) is 0 Å². The van der Waals surface area contributed by atoms with E-state index in [-0.39, 0.29) is 0 Å². The zero-order valence-corrected chi connectivity index (χ0v) is 13.6. The van der Waals surface area contributed by atoms with Gasteiger partial charge in [0.05, 0.1) is 18.9 Å². The lowest BCUT2D eigenvalue weighted by Gasteiger charge is -2.33. The highest BCUT2D eigenvalue weighted by molar-refractivity contribution is 5.25. The lowest BCUT2D eigenvalue weighted by molar-refractivity contribution is 0.0663. The highest BCUT2D eigenvalue weighted by Crippen LogP contribution is 2.39. The van der Waals surface area contributed by atoms with Gasteiger partial charge in [0.1, 0.15) is 5.75 Å². The summed E-state index contributed by atoms with van der Waals surface area (Å²) in [6, 6.07) is 1.95. The molecule has 0 radical (unpaired) electrons. The van der Waals surface area contributed by atoms with Gasteiger partial charge in [0, 0.05) is 11.8 Å². The van der Waals surface area contributed by atoms with Crippen molar-refractivity contribution in [2.75, 3.05) is 6.61 Å². The monoisotopic (exact) mass is 291 g/mol. The molecule has 1 aliphatic carbocycles. The molecule has 1 unspecified atom stereocenters. The second kappa shape index (κ2) is 7.79. The Hall–Kier alpha value is -1.09. The van der Waals surface area contributed by atoms with Gasteiger partial charge in [-0.3, -0.25) is 4.98 Å². The van der Waals surface area contributed by atoms with Crippen LogP contribution in [0.2, 0.25) is 0 Å². The maximum Gasteiger partial charge on any atom is 0.137 e. The second-order valence-electron chi connectivity index (χ2n) is 6.67. The summed E-state index contributed by atoms with van der Waals surface area (Å²) >= 11 is 0. The van der Waals surface area contributed by atoms with Gasteiger partial charge >= 0.3 is 0 Å². The molecule has 0 spiro atoms. The Morgan fingerprint density at radius 2 is 1.86 bits per heavy atom. The van der Waals surface area contributed by atoms with Crippen LogP contribution in [0.25, 0.3) is 0 Å². The van der Waals surface area contributed by atoms with E-state index in [2.05, 4.69) is 25.8 Å². The Bertz CT molecular complexity index is 425. The van der Waals surface area contributed by atoms with E-state index in [1.165, 1.54) is 12.8 Å². The van der Waals surface area contributed by atoms with Crippen molar-refractivity contribution < 1.29 is 9.84 Å². The summed E-state index contributed by atoms with van der Waals surface area (Å²) in [5, 5.41) is 10.6. The molecule has 0 aromatic carbocycles. The number of aromatic nitrogens is 1. The average Bonchev–Trinajstić information content (AvgIpc) is 2.52. The van der Waals surface area contributed by atoms with Crippen molar-refractivity contribution in [1.82, 2.24) is 4.98 Å². The number of hydrogen-bond donors (Lipinski definition) is 1. The van der Waals surface area contributed by atoms with E-state index in [1.54, 1.807) is 12.4 Å². The first-order valence-corrected chi connectivity index (χ1v) is 8.37. The van der Waals surface area contributed by atoms with E-state index in [4.69, 9.17) is 4.74 Å². The lowest BCUT2D eigenvalue weighted by atomic mass is 9.74. The topological polar surface area (TPSA) is 42.4 Å². The van der Waals surface area contributed by atoms with Crippen LogP contribution in [0.3, 0.4) is 0 Å². The smallest absolute Gasteiger partial charge is 0.137 e. The molecule has 1 N–H and O–H groups in total. The first kappa shape index (κ1) is 16.3. The summed E-state index contributed by atoms with van der Waals surface area (Å²) < 4.78 is 5.61. The summed E-state index contributed by atoms with van der Waals surface area (Å²) in [5.41, 5.74) is 0.900. The van der Waals surface area contributed by atoms with Gasteiger partial charge in [0.25, 0.3) is 0 Å². The van der Waals surface area contributed by atoms with Crippen LogP contribution in [0.4, 0.5) is 0 Å². The molecule has 21 heavy (non-hydrogen) atoms. The molecule has 0 amide bonds. The Morgan fingerprint density at radius 1 is 1.19 bits per heavy atom. The number of aliphatic hydroxyl groups excluding tert-OH is 1. The molecule has 1 fully saturated rings. The first-order valence-electron chi connectivity index (χ1n) is 8.37. The molecule has 1 saturated carbocycles. The van der Waals surface area contributed by atoms with Crippen molar-refractivity contribution in [3.63, 3.8) is 0 Å². The number of nitrogens with zero attached hydrogens (tertiary/aromatic N) is 1. The predicted molar refractivity (Wildman–Crippen MR) is 85.3 cm³/mol. The molecule has 0 bridgehead atoms. The van der Waals surface area contributed by atoms with E-state index >= 15 is 0 Å². The van der Waals surface area contributed by atoms with E-state index in [9.17, 15) is 5.11 Å². The fraction of sp³-hybridized carbons (Fsp3) is 0.722. The van der Waals surface area contributed by atoms with Gasteiger partial charge in [-0.15, -0.1) is 0 Å². The van der Waals surface area contributed by atoms with Gasteiger partial charge in [-0.05, 0) is 55.9 Å². The van der Waals surface area contributed by atoms with Crippen molar-refractivity contribution in [1.29, 1.82) is 0 Å². The minimum absolute atomic E-state index is 0.364. The zero-order valence-electron chi connectivity index (χ0n) is 13.6. The average molecular weight is 291 g/mol. The van der Waals surface area contributed by atoms with Crippen LogP contribution >= 0.6 is 0 Å². The highest BCUT2D eigenvalue weighted by atomic mass is 16.5. The fourth-order valence-corrected chi connectivity index (χ4v) is 3.30. The number of aliphatic hydroxyl groups is 1. The van der Waals surface area contributed by atoms with E-state index in [1.807, 2.05) is 6.07 Å². The molecule has 2 rings (SSSR count). The molecule has 0 aliphatic heterocycles. The third-order valence-electron chi connectivity index (χ3n) is 4.75. The molecule has 1 aromatic heterocycles. The zero-order chi connectivity index (χ0) is 15.2. The normalized spacial score (nSPS) is 24.0. The lowest BCUT2D eigenvalue weighted by Crippen LogP contribution is -2.23. The Labute approximate surface area is 128 Å². The van der Waals surface area contributed by atoms with Crippen LogP contribution in [-0.4, -0.2) is 16.7 Å². The highest BCUT2D eigenvalue weighted by Gasteiger charge is 2.28. The number of pyridine rings is 1. The van der Waals surface area contributed by atoms with Crippen LogP contribution < -0.4 is 4.74 Å². The molecule has 3 nitrogen and oxygen atoms in total. The molecule has 1 atom stereocenters. The van der Waals surface area contributed by atoms with Crippen LogP contribution in [0.1, 0.15) is 64.5 Å². The maximum atomic E-state index is 10.6. The van der Waals surface area contributed by atoms with Crippen LogP contribution in [-0.2, 0) is 0 Å². The van der Waals surface area contributed by atoms with Gasteiger partial charge in [-0.2, -0.15) is 0 Å². The van der Waals surface area contributed by atoms with Crippen molar-refractivity contribution in [3.8, 4) is 5.75 Å². The standard InChI is InChI=1S/C18H29NO2/c1-4-9-21-17-10-16(11-19-12-17)18(20)15-7-5-14(6-8-15)13(2)3/h10-15,18,20H,4-9H2,1-3H3. The third-order valence-corrected chi connectivity index (χ3v) is 4.75. The summed E-state index contributed by atoms with van der Waals surface area (Å²) in [4.78, 5) is 4.21. The summed E-state index contributed by atoms with van der Waals surface area (Å²) in [5.74, 6) is 2.72. The van der Waals surface area contributed by atoms with E-state index in [0.717, 1.165) is 42.4 Å². The van der Waals surface area contributed by atoms with Gasteiger partial charge < -0.3 is 9.84 Å². The Morgan fingerprint density at radius 3 is 2.48 bits per heavy atom. The maximum absolute atomic E-state index is 10.6. The molecule has 118 valence electrons. The number of hydrogen-bond acceptors (Lipinski definition) is 3. The van der Waals surface area contributed by atoms with Gasteiger partial charge in [0.2, 0.25) is 0 Å². The van der Waals surface area contributed by atoms with Crippen molar-refractivity contribution in [2.45, 2.75) is 59.0 Å². The molecule has 3 heteroatoms. The number of ether oxygens (including phenoxy) is 1. The van der Waals surface area contributed by atoms with Crippen LogP contribution in [0.5, 0.6) is 5.75 Å². The van der Waals surface area contributed by atoms with Crippen molar-refractivity contribution in [3.05, 3.63) is 24.0 Å². The molecule has 1 aromatic rings. The Kier molecular flexibility index (Phi) is 6.04. The van der Waals surface area contributed by atoms with Crippen molar-refractivity contribution in [2.24, 2.45) is 17.8 Å². The molecular formula is C18H29NO2. The summed E-state index contributed by atoms with van der Waals surface area (Å²) in [6.45, 7) is 7.39. The molecule has 0 saturated heterocycles. The quantitative estimate of drug-likeness (QED) is 0.846. The van der Waals surface area contributed by atoms with Crippen LogP contribution in [0, 0.1) is 17.8 Å². The predicted octanol–water partition coefficient (Wildman–Crippen LogP) is 4.37. The van der Waals surface area contributed by atoms with E-state index in [0.29, 0.717) is 12.5 Å². The minimum Gasteiger partial charge on any atom is -0.492 e. The summed E-state index contributed by atoms with van der Waals surface area (Å²) in [7, 11) is 0. The fourth-order valence-electron chi connectivity index (χ4n) is 3.30. The minimum atomic E-state index is -0.407.